The van der Waals surface area contributed by atoms with E-state index in [1.165, 1.54) is 16.9 Å². The van der Waals surface area contributed by atoms with Gasteiger partial charge in [0.05, 0.1) is 11.6 Å². The van der Waals surface area contributed by atoms with Gasteiger partial charge in [0.15, 0.2) is 5.13 Å². The minimum atomic E-state index is -0.180. The van der Waals surface area contributed by atoms with Gasteiger partial charge in [0.25, 0.3) is 0 Å². The van der Waals surface area contributed by atoms with E-state index in [4.69, 9.17) is 4.74 Å². The van der Waals surface area contributed by atoms with Gasteiger partial charge < -0.3 is 10.1 Å². The van der Waals surface area contributed by atoms with Crippen LogP contribution in [0.15, 0.2) is 29.6 Å². The molecule has 1 heterocycles. The second-order valence-electron chi connectivity index (χ2n) is 7.64. The van der Waals surface area contributed by atoms with E-state index >= 15 is 0 Å². The van der Waals surface area contributed by atoms with Crippen molar-refractivity contribution in [3.05, 3.63) is 40.9 Å². The predicted molar refractivity (Wildman–Crippen MR) is 105 cm³/mol. The highest BCUT2D eigenvalue weighted by molar-refractivity contribution is 7.13. The van der Waals surface area contributed by atoms with Gasteiger partial charge in [0.2, 0.25) is 0 Å². The van der Waals surface area contributed by atoms with E-state index in [1.807, 2.05) is 29.6 Å². The van der Waals surface area contributed by atoms with Gasteiger partial charge >= 0.3 is 5.97 Å². The zero-order chi connectivity index (χ0) is 18.8. The van der Waals surface area contributed by atoms with Crippen LogP contribution in [0.25, 0.3) is 0 Å². The van der Waals surface area contributed by atoms with Crippen molar-refractivity contribution in [2.24, 2.45) is 17.8 Å². The zero-order valence-electron chi connectivity index (χ0n) is 15.4. The number of carbonyl (C=O) groups excluding carboxylic acids is 2. The Balaban J connectivity index is 1.30. The highest BCUT2D eigenvalue weighted by atomic mass is 32.1. The molecule has 1 aromatic carbocycles. The lowest BCUT2D eigenvalue weighted by molar-refractivity contribution is -0.154. The molecule has 4 rings (SSSR count). The summed E-state index contributed by atoms with van der Waals surface area (Å²) in [5.74, 6) is 0.193. The lowest BCUT2D eigenvalue weighted by atomic mass is 9.67. The van der Waals surface area contributed by atoms with Gasteiger partial charge in [-0.15, -0.1) is 11.3 Å². The first-order chi connectivity index (χ1) is 13.1. The molecule has 2 saturated carbocycles. The molecule has 5 nitrogen and oxygen atoms in total. The molecule has 0 radical (unpaired) electrons. The maximum absolute atomic E-state index is 12.5. The molecule has 27 heavy (non-hydrogen) atoms. The first-order valence-electron chi connectivity index (χ1n) is 9.57. The van der Waals surface area contributed by atoms with E-state index in [0.717, 1.165) is 35.8 Å². The van der Waals surface area contributed by atoms with Gasteiger partial charge in [-0.1, -0.05) is 24.1 Å². The van der Waals surface area contributed by atoms with Crippen molar-refractivity contribution < 1.29 is 14.3 Å². The number of benzene rings is 1. The number of rotatable bonds is 5. The number of aromatic nitrogens is 1. The number of thiazole rings is 1. The van der Waals surface area contributed by atoms with Crippen LogP contribution in [0.3, 0.4) is 0 Å². The smallest absolute Gasteiger partial charge is 0.309 e. The third-order valence-electron chi connectivity index (χ3n) is 5.60. The summed E-state index contributed by atoms with van der Waals surface area (Å²) in [6.07, 6.45) is 4.29. The molecule has 3 atom stereocenters. The zero-order valence-corrected chi connectivity index (χ0v) is 16.3. The first-order valence-corrected chi connectivity index (χ1v) is 10.4. The van der Waals surface area contributed by atoms with Crippen molar-refractivity contribution in [2.45, 2.75) is 45.6 Å². The van der Waals surface area contributed by atoms with Gasteiger partial charge in [-0.2, -0.15) is 0 Å². The molecular weight excluding hydrogens is 360 g/mol. The van der Waals surface area contributed by atoms with Crippen molar-refractivity contribution in [3.8, 4) is 0 Å². The van der Waals surface area contributed by atoms with Crippen LogP contribution in [0.2, 0.25) is 0 Å². The molecule has 1 aromatic heterocycles. The van der Waals surface area contributed by atoms with Crippen molar-refractivity contribution in [1.29, 1.82) is 0 Å². The quantitative estimate of drug-likeness (QED) is 0.761. The Bertz CT molecular complexity index is 814. The van der Waals surface area contributed by atoms with E-state index in [2.05, 4.69) is 17.2 Å². The van der Waals surface area contributed by atoms with Crippen LogP contribution >= 0.6 is 11.3 Å². The number of ketones is 1. The van der Waals surface area contributed by atoms with E-state index < -0.39 is 0 Å². The number of ether oxygens (including phenoxy) is 1. The number of hydrogen-bond donors (Lipinski definition) is 1. The number of hydrogen-bond acceptors (Lipinski definition) is 6. The number of nitrogens with one attached hydrogen (secondary N) is 1. The Labute approximate surface area is 163 Å². The number of esters is 1. The second-order valence-corrected chi connectivity index (χ2v) is 8.50. The van der Waals surface area contributed by atoms with Crippen LogP contribution in [0, 0.1) is 24.7 Å². The van der Waals surface area contributed by atoms with Crippen molar-refractivity contribution in [3.63, 3.8) is 0 Å². The van der Waals surface area contributed by atoms with E-state index in [9.17, 15) is 9.59 Å². The molecular formula is C21H24N2O3S. The Hall–Kier alpha value is -2.21. The summed E-state index contributed by atoms with van der Waals surface area (Å²) in [4.78, 5) is 29.1. The topological polar surface area (TPSA) is 68.3 Å². The Kier molecular flexibility index (Phi) is 5.25. The molecule has 2 aromatic rings. The third kappa shape index (κ3) is 4.21. The van der Waals surface area contributed by atoms with Crippen LogP contribution in [0.1, 0.15) is 43.4 Å². The number of carbonyl (C=O) groups is 2. The number of Topliss-reactive ketones (excluding diaryl/α,β-unsaturated/α-hetero) is 1. The standard InChI is InChI=1S/C21H24N2O3S/c1-13-5-7-17(8-6-13)22-21-23-18(12-27-21)11-26-20(25)16-9-14-3-2-4-15(10-16)19(14)24/h5-8,12,14-16H,2-4,9-11H2,1H3,(H,22,23)/t14-,15+,16?. The molecule has 1 unspecified atom stereocenters. The fraction of sp³-hybridized carbons (Fsp3) is 0.476. The normalized spacial score (nSPS) is 24.5. The SMILES string of the molecule is Cc1ccc(Nc2nc(COC(=O)C3C[C@H]4CCC[C@@H](C3)C4=O)cs2)cc1. The van der Waals surface area contributed by atoms with Gasteiger partial charge in [0, 0.05) is 22.9 Å². The Morgan fingerprint density at radius 2 is 1.93 bits per heavy atom. The summed E-state index contributed by atoms with van der Waals surface area (Å²) in [6.45, 7) is 2.24. The Morgan fingerprint density at radius 3 is 2.63 bits per heavy atom. The number of aryl methyl sites for hydroxylation is 1. The molecule has 0 aliphatic heterocycles. The van der Waals surface area contributed by atoms with Crippen LogP contribution in [-0.2, 0) is 20.9 Å². The molecule has 0 saturated heterocycles. The number of fused-ring (bicyclic) bond motifs is 2. The fourth-order valence-corrected chi connectivity index (χ4v) is 4.84. The van der Waals surface area contributed by atoms with E-state index in [-0.39, 0.29) is 30.3 Å². The predicted octanol–water partition coefficient (Wildman–Crippen LogP) is 4.63. The lowest BCUT2D eigenvalue weighted by Crippen LogP contribution is -2.39. The summed E-state index contributed by atoms with van der Waals surface area (Å²) < 4.78 is 5.51. The van der Waals surface area contributed by atoms with Crippen LogP contribution in [0.5, 0.6) is 0 Å². The average Bonchev–Trinajstić information content (AvgIpc) is 3.09. The molecule has 0 amide bonds. The summed E-state index contributed by atoms with van der Waals surface area (Å²) >= 11 is 1.49. The van der Waals surface area contributed by atoms with Gasteiger partial charge in [-0.25, -0.2) is 4.98 Å². The van der Waals surface area contributed by atoms with E-state index in [1.54, 1.807) is 0 Å². The second kappa shape index (κ2) is 7.80. The summed E-state index contributed by atoms with van der Waals surface area (Å²) in [7, 11) is 0. The van der Waals surface area contributed by atoms with Crippen LogP contribution < -0.4 is 5.32 Å². The molecule has 2 aliphatic rings. The third-order valence-corrected chi connectivity index (χ3v) is 6.40. The van der Waals surface area contributed by atoms with Gasteiger partial charge in [-0.05, 0) is 44.7 Å². The van der Waals surface area contributed by atoms with Crippen molar-refractivity contribution in [2.75, 3.05) is 5.32 Å². The van der Waals surface area contributed by atoms with Crippen molar-refractivity contribution >= 4 is 33.9 Å². The van der Waals surface area contributed by atoms with E-state index in [0.29, 0.717) is 18.6 Å². The number of nitrogens with zero attached hydrogens (tertiary/aromatic N) is 1. The minimum Gasteiger partial charge on any atom is -0.459 e. The van der Waals surface area contributed by atoms with Gasteiger partial charge in [0.1, 0.15) is 12.4 Å². The number of anilines is 2. The van der Waals surface area contributed by atoms with Crippen LogP contribution in [-0.4, -0.2) is 16.7 Å². The fourth-order valence-electron chi connectivity index (χ4n) is 4.13. The molecule has 1 N–H and O–H groups in total. The van der Waals surface area contributed by atoms with Crippen molar-refractivity contribution in [1.82, 2.24) is 4.98 Å². The Morgan fingerprint density at radius 1 is 1.22 bits per heavy atom. The largest absolute Gasteiger partial charge is 0.459 e. The lowest BCUT2D eigenvalue weighted by Gasteiger charge is -2.36. The minimum absolute atomic E-state index is 0.0691. The molecule has 2 fully saturated rings. The molecule has 2 aliphatic carbocycles. The monoisotopic (exact) mass is 384 g/mol. The average molecular weight is 385 g/mol. The van der Waals surface area contributed by atoms with Gasteiger partial charge in [-0.3, -0.25) is 9.59 Å². The highest BCUT2D eigenvalue weighted by Gasteiger charge is 2.41. The summed E-state index contributed by atoms with van der Waals surface area (Å²) in [6, 6.07) is 8.11. The highest BCUT2D eigenvalue weighted by Crippen LogP contribution is 2.40. The molecule has 142 valence electrons. The maximum Gasteiger partial charge on any atom is 0.309 e. The molecule has 0 spiro atoms. The summed E-state index contributed by atoms with van der Waals surface area (Å²) in [5.41, 5.74) is 2.94. The summed E-state index contributed by atoms with van der Waals surface area (Å²) in [5, 5.41) is 5.95. The molecule has 6 heteroatoms. The maximum atomic E-state index is 12.5. The van der Waals surface area contributed by atoms with Crippen LogP contribution in [0.4, 0.5) is 10.8 Å². The molecule has 2 bridgehead atoms. The first kappa shape index (κ1) is 18.2.